The zero-order valence-corrected chi connectivity index (χ0v) is 15.6. The fourth-order valence-electron chi connectivity index (χ4n) is 2.61. The highest BCUT2D eigenvalue weighted by Gasteiger charge is 2.09. The second kappa shape index (κ2) is 7.48. The van der Waals surface area contributed by atoms with Crippen molar-refractivity contribution >= 4 is 40.0 Å². The van der Waals surface area contributed by atoms with Crippen LogP contribution in [0.2, 0.25) is 10.0 Å². The number of carbonyl (C=O) groups excluding carboxylic acids is 1. The Labute approximate surface area is 156 Å². The van der Waals surface area contributed by atoms with Crippen LogP contribution in [0.3, 0.4) is 0 Å². The van der Waals surface area contributed by atoms with E-state index in [0.717, 1.165) is 28.7 Å². The van der Waals surface area contributed by atoms with Crippen molar-refractivity contribution in [3.8, 4) is 11.3 Å². The summed E-state index contributed by atoms with van der Waals surface area (Å²) < 4.78 is 0. The molecule has 4 nitrogen and oxygen atoms in total. The van der Waals surface area contributed by atoms with Crippen molar-refractivity contribution in [1.82, 2.24) is 15.2 Å². The molecular weight excluding hydrogens is 357 g/mol. The predicted octanol–water partition coefficient (Wildman–Crippen LogP) is 4.43. The molecular formula is C19H19Cl2N3O. The van der Waals surface area contributed by atoms with Crippen LogP contribution >= 0.6 is 23.2 Å². The van der Waals surface area contributed by atoms with Crippen LogP contribution in [-0.4, -0.2) is 43.0 Å². The highest BCUT2D eigenvalue weighted by atomic mass is 35.5. The zero-order chi connectivity index (χ0) is 18.0. The predicted molar refractivity (Wildman–Crippen MR) is 105 cm³/mol. The number of hydrogen-bond donors (Lipinski definition) is 2. The van der Waals surface area contributed by atoms with Gasteiger partial charge in [0.25, 0.3) is 5.91 Å². The molecule has 0 bridgehead atoms. The standard InChI is InChI=1S/C19H19Cl2N3O/c1-24(2)8-7-22-19(25)13-5-3-12(4-6-13)17-11-15-16(21)9-14(20)10-18(15)23-17/h3-6,9-11,23H,7-8H2,1-2H3,(H,22,25). The molecule has 0 unspecified atom stereocenters. The Morgan fingerprint density at radius 1 is 1.12 bits per heavy atom. The molecule has 130 valence electrons. The first-order valence-electron chi connectivity index (χ1n) is 7.95. The lowest BCUT2D eigenvalue weighted by Gasteiger charge is -2.10. The zero-order valence-electron chi connectivity index (χ0n) is 14.1. The number of amides is 1. The monoisotopic (exact) mass is 375 g/mol. The Hall–Kier alpha value is -2.01. The van der Waals surface area contributed by atoms with Crippen LogP contribution in [0.25, 0.3) is 22.2 Å². The first-order valence-corrected chi connectivity index (χ1v) is 8.71. The fraction of sp³-hybridized carbons (Fsp3) is 0.211. The Kier molecular flexibility index (Phi) is 5.33. The third-order valence-electron chi connectivity index (χ3n) is 3.95. The third-order valence-corrected chi connectivity index (χ3v) is 4.49. The molecule has 2 aromatic carbocycles. The molecule has 0 radical (unpaired) electrons. The Morgan fingerprint density at radius 2 is 1.84 bits per heavy atom. The van der Waals surface area contributed by atoms with Crippen LogP contribution in [0.4, 0.5) is 0 Å². The minimum atomic E-state index is -0.0696. The van der Waals surface area contributed by atoms with Crippen LogP contribution < -0.4 is 5.32 Å². The van der Waals surface area contributed by atoms with Crippen LogP contribution in [0, 0.1) is 0 Å². The third kappa shape index (κ3) is 4.15. The highest BCUT2D eigenvalue weighted by Crippen LogP contribution is 2.31. The lowest BCUT2D eigenvalue weighted by molar-refractivity contribution is 0.0951. The quantitative estimate of drug-likeness (QED) is 0.692. The molecule has 1 heterocycles. The van der Waals surface area contributed by atoms with Gasteiger partial charge in [0.05, 0.1) is 5.02 Å². The second-order valence-electron chi connectivity index (χ2n) is 6.17. The average Bonchev–Trinajstić information content (AvgIpc) is 2.99. The van der Waals surface area contributed by atoms with E-state index in [9.17, 15) is 4.79 Å². The molecule has 0 aliphatic heterocycles. The van der Waals surface area contributed by atoms with Crippen molar-refractivity contribution in [3.05, 3.63) is 58.1 Å². The Balaban J connectivity index is 1.78. The van der Waals surface area contributed by atoms with E-state index >= 15 is 0 Å². The molecule has 6 heteroatoms. The maximum Gasteiger partial charge on any atom is 0.251 e. The van der Waals surface area contributed by atoms with Crippen molar-refractivity contribution in [2.45, 2.75) is 0 Å². The van der Waals surface area contributed by atoms with Gasteiger partial charge in [-0.1, -0.05) is 35.3 Å². The van der Waals surface area contributed by atoms with Crippen molar-refractivity contribution in [1.29, 1.82) is 0 Å². The number of aromatic nitrogens is 1. The lowest BCUT2D eigenvalue weighted by atomic mass is 10.1. The highest BCUT2D eigenvalue weighted by molar-refractivity contribution is 6.38. The summed E-state index contributed by atoms with van der Waals surface area (Å²) in [4.78, 5) is 17.5. The van der Waals surface area contributed by atoms with Gasteiger partial charge in [0.1, 0.15) is 0 Å². The van der Waals surface area contributed by atoms with E-state index in [4.69, 9.17) is 23.2 Å². The molecule has 0 aliphatic carbocycles. The van der Waals surface area contributed by atoms with E-state index in [0.29, 0.717) is 22.2 Å². The molecule has 0 fully saturated rings. The number of likely N-dealkylation sites (N-methyl/N-ethyl adjacent to an activating group) is 1. The number of H-pyrrole nitrogens is 1. The van der Waals surface area contributed by atoms with Gasteiger partial charge < -0.3 is 15.2 Å². The van der Waals surface area contributed by atoms with E-state index in [-0.39, 0.29) is 5.91 Å². The molecule has 0 atom stereocenters. The van der Waals surface area contributed by atoms with Gasteiger partial charge in [-0.15, -0.1) is 0 Å². The molecule has 2 N–H and O–H groups in total. The normalized spacial score (nSPS) is 11.2. The average molecular weight is 376 g/mol. The molecule has 0 spiro atoms. The number of fused-ring (bicyclic) bond motifs is 1. The summed E-state index contributed by atoms with van der Waals surface area (Å²) in [5.74, 6) is -0.0696. The molecule has 0 saturated carbocycles. The van der Waals surface area contributed by atoms with Crippen molar-refractivity contribution in [3.63, 3.8) is 0 Å². The molecule has 3 rings (SSSR count). The number of nitrogens with zero attached hydrogens (tertiary/aromatic N) is 1. The largest absolute Gasteiger partial charge is 0.354 e. The number of hydrogen-bond acceptors (Lipinski definition) is 2. The molecule has 0 aliphatic rings. The topological polar surface area (TPSA) is 48.1 Å². The summed E-state index contributed by atoms with van der Waals surface area (Å²) in [6.07, 6.45) is 0. The van der Waals surface area contributed by atoms with Gasteiger partial charge >= 0.3 is 0 Å². The summed E-state index contributed by atoms with van der Waals surface area (Å²) in [6.45, 7) is 1.43. The van der Waals surface area contributed by atoms with Crippen LogP contribution in [0.5, 0.6) is 0 Å². The summed E-state index contributed by atoms with van der Waals surface area (Å²) in [7, 11) is 3.95. The van der Waals surface area contributed by atoms with Gasteiger partial charge in [-0.3, -0.25) is 4.79 Å². The molecule has 0 saturated heterocycles. The van der Waals surface area contributed by atoms with Gasteiger partial charge in [0, 0.05) is 40.3 Å². The second-order valence-corrected chi connectivity index (χ2v) is 7.01. The van der Waals surface area contributed by atoms with Crippen molar-refractivity contribution < 1.29 is 4.79 Å². The molecule has 3 aromatic rings. The minimum Gasteiger partial charge on any atom is -0.354 e. The minimum absolute atomic E-state index is 0.0696. The van der Waals surface area contributed by atoms with Crippen LogP contribution in [0.1, 0.15) is 10.4 Å². The van der Waals surface area contributed by atoms with E-state index in [1.807, 2.05) is 55.4 Å². The summed E-state index contributed by atoms with van der Waals surface area (Å²) in [5, 5.41) is 5.03. The van der Waals surface area contributed by atoms with Gasteiger partial charge in [0.2, 0.25) is 0 Å². The van der Waals surface area contributed by atoms with Gasteiger partial charge in [-0.25, -0.2) is 0 Å². The van der Waals surface area contributed by atoms with Crippen molar-refractivity contribution in [2.75, 3.05) is 27.2 Å². The number of benzene rings is 2. The van der Waals surface area contributed by atoms with Crippen LogP contribution in [0.15, 0.2) is 42.5 Å². The SMILES string of the molecule is CN(C)CCNC(=O)c1ccc(-c2cc3c(Cl)cc(Cl)cc3[nH]2)cc1. The number of rotatable bonds is 5. The van der Waals surface area contributed by atoms with E-state index < -0.39 is 0 Å². The number of aromatic amines is 1. The molecule has 1 amide bonds. The van der Waals surface area contributed by atoms with E-state index in [2.05, 4.69) is 10.3 Å². The number of halogens is 2. The van der Waals surface area contributed by atoms with E-state index in [1.54, 1.807) is 6.07 Å². The summed E-state index contributed by atoms with van der Waals surface area (Å²) in [5.41, 5.74) is 3.43. The maximum absolute atomic E-state index is 12.1. The smallest absolute Gasteiger partial charge is 0.251 e. The summed E-state index contributed by atoms with van der Waals surface area (Å²) >= 11 is 12.3. The van der Waals surface area contributed by atoms with Gasteiger partial charge in [-0.2, -0.15) is 0 Å². The molecule has 25 heavy (non-hydrogen) atoms. The molecule has 1 aromatic heterocycles. The summed E-state index contributed by atoms with van der Waals surface area (Å²) in [6, 6.07) is 13.0. The Bertz CT molecular complexity index is 901. The first kappa shape index (κ1) is 17.8. The maximum atomic E-state index is 12.1. The van der Waals surface area contributed by atoms with Gasteiger partial charge in [0.15, 0.2) is 0 Å². The lowest BCUT2D eigenvalue weighted by Crippen LogP contribution is -2.31. The number of carbonyl (C=O) groups is 1. The fourth-order valence-corrected chi connectivity index (χ4v) is 3.16. The first-order chi connectivity index (χ1) is 11.9. The Morgan fingerprint density at radius 3 is 2.52 bits per heavy atom. The number of nitrogens with one attached hydrogen (secondary N) is 2. The van der Waals surface area contributed by atoms with Crippen LogP contribution in [-0.2, 0) is 0 Å². The van der Waals surface area contributed by atoms with E-state index in [1.165, 1.54) is 0 Å². The van der Waals surface area contributed by atoms with Crippen molar-refractivity contribution in [2.24, 2.45) is 0 Å². The van der Waals surface area contributed by atoms with Gasteiger partial charge in [-0.05, 0) is 50.0 Å².